The van der Waals surface area contributed by atoms with E-state index in [9.17, 15) is 4.79 Å². The Morgan fingerprint density at radius 3 is 2.89 bits per heavy atom. The largest absolute Gasteiger partial charge is 0.397 e. The molecule has 1 aromatic carbocycles. The Kier molecular flexibility index (Phi) is 5.61. The van der Waals surface area contributed by atoms with E-state index in [2.05, 4.69) is 11.4 Å². The predicted molar refractivity (Wildman–Crippen MR) is 76.8 cm³/mol. The maximum Gasteiger partial charge on any atom is 0.241 e. The number of anilines is 2. The topological polar surface area (TPSA) is 82.2 Å². The molecule has 0 aliphatic carbocycles. The number of hydrogen-bond acceptors (Lipinski definition) is 4. The summed E-state index contributed by atoms with van der Waals surface area (Å²) in [5, 5.41) is 11.7. The molecule has 1 unspecified atom stereocenters. The lowest BCUT2D eigenvalue weighted by Crippen LogP contribution is -2.40. The smallest absolute Gasteiger partial charge is 0.241 e. The molecule has 6 heteroatoms. The molecule has 0 aromatic heterocycles. The molecule has 1 aromatic rings. The summed E-state index contributed by atoms with van der Waals surface area (Å²) in [6.07, 6.45) is 0.391. The molecule has 0 bridgehead atoms. The normalized spacial score (nSPS) is 11.9. The average molecular weight is 281 g/mol. The van der Waals surface area contributed by atoms with Gasteiger partial charge in [-0.1, -0.05) is 11.6 Å². The zero-order valence-corrected chi connectivity index (χ0v) is 11.7. The van der Waals surface area contributed by atoms with E-state index in [-0.39, 0.29) is 11.9 Å². The summed E-state index contributed by atoms with van der Waals surface area (Å²) in [4.78, 5) is 13.8. The van der Waals surface area contributed by atoms with Crippen LogP contribution in [0.15, 0.2) is 18.2 Å². The molecular formula is C13H17ClN4O. The van der Waals surface area contributed by atoms with E-state index in [0.717, 1.165) is 0 Å². The highest BCUT2D eigenvalue weighted by Gasteiger charge is 2.17. The molecule has 0 fully saturated rings. The Bertz CT molecular complexity index is 498. The Balaban J connectivity index is 2.63. The van der Waals surface area contributed by atoms with E-state index in [4.69, 9.17) is 22.6 Å². The van der Waals surface area contributed by atoms with Crippen molar-refractivity contribution in [2.45, 2.75) is 19.4 Å². The summed E-state index contributed by atoms with van der Waals surface area (Å²) in [7, 11) is 1.80. The number of rotatable bonds is 5. The maximum absolute atomic E-state index is 12.0. The van der Waals surface area contributed by atoms with Crippen molar-refractivity contribution in [2.24, 2.45) is 0 Å². The van der Waals surface area contributed by atoms with Gasteiger partial charge in [0, 0.05) is 18.7 Å². The minimum absolute atomic E-state index is 0.151. The fourth-order valence-electron chi connectivity index (χ4n) is 1.49. The molecule has 0 spiro atoms. The highest BCUT2D eigenvalue weighted by atomic mass is 35.5. The van der Waals surface area contributed by atoms with Gasteiger partial charge in [-0.05, 0) is 32.2 Å². The van der Waals surface area contributed by atoms with Crippen LogP contribution in [0.4, 0.5) is 11.4 Å². The van der Waals surface area contributed by atoms with Crippen LogP contribution in [0.3, 0.4) is 0 Å². The third-order valence-corrected chi connectivity index (χ3v) is 3.22. The quantitative estimate of drug-likeness (QED) is 0.809. The molecule has 0 aliphatic rings. The van der Waals surface area contributed by atoms with Crippen molar-refractivity contribution >= 4 is 28.9 Å². The van der Waals surface area contributed by atoms with Crippen LogP contribution in [0, 0.1) is 11.3 Å². The highest BCUT2D eigenvalue weighted by Crippen LogP contribution is 2.22. The van der Waals surface area contributed by atoms with Crippen molar-refractivity contribution in [1.82, 2.24) is 4.90 Å². The third-order valence-electron chi connectivity index (χ3n) is 2.88. The van der Waals surface area contributed by atoms with E-state index >= 15 is 0 Å². The lowest BCUT2D eigenvalue weighted by molar-refractivity contribution is -0.120. The summed E-state index contributed by atoms with van der Waals surface area (Å²) in [5.41, 5.74) is 6.69. The number of nitriles is 1. The molecule has 0 saturated heterocycles. The van der Waals surface area contributed by atoms with Gasteiger partial charge >= 0.3 is 0 Å². The highest BCUT2D eigenvalue weighted by molar-refractivity contribution is 6.33. The van der Waals surface area contributed by atoms with E-state index in [1.807, 2.05) is 4.90 Å². The first-order valence-electron chi connectivity index (χ1n) is 5.88. The van der Waals surface area contributed by atoms with Gasteiger partial charge in [-0.3, -0.25) is 9.69 Å². The van der Waals surface area contributed by atoms with Gasteiger partial charge in [0.25, 0.3) is 0 Å². The number of hydrogen-bond donors (Lipinski definition) is 2. The first-order valence-corrected chi connectivity index (χ1v) is 6.26. The van der Waals surface area contributed by atoms with Gasteiger partial charge in [-0.15, -0.1) is 0 Å². The van der Waals surface area contributed by atoms with Gasteiger partial charge in [0.05, 0.1) is 22.8 Å². The van der Waals surface area contributed by atoms with Gasteiger partial charge in [0.1, 0.15) is 0 Å². The minimum Gasteiger partial charge on any atom is -0.397 e. The van der Waals surface area contributed by atoms with E-state index in [1.54, 1.807) is 32.2 Å². The number of nitrogens with zero attached hydrogens (tertiary/aromatic N) is 2. The number of amides is 1. The molecule has 1 atom stereocenters. The Morgan fingerprint density at radius 2 is 2.32 bits per heavy atom. The van der Waals surface area contributed by atoms with Crippen LogP contribution in [0.2, 0.25) is 5.02 Å². The van der Waals surface area contributed by atoms with Crippen LogP contribution in [0.1, 0.15) is 13.3 Å². The standard InChI is InChI=1S/C13H17ClN4O/c1-9(18(2)7-3-6-15)13(19)17-10-4-5-11(14)12(16)8-10/h4-5,8-9H,3,7,16H2,1-2H3,(H,17,19). The average Bonchev–Trinajstić information content (AvgIpc) is 2.39. The second-order valence-electron chi connectivity index (χ2n) is 4.29. The molecule has 0 aliphatic heterocycles. The third kappa shape index (κ3) is 4.43. The van der Waals surface area contributed by atoms with Crippen LogP contribution in [-0.4, -0.2) is 30.4 Å². The number of nitrogens with one attached hydrogen (secondary N) is 1. The summed E-state index contributed by atoms with van der Waals surface area (Å²) >= 11 is 5.81. The molecule has 5 nitrogen and oxygen atoms in total. The van der Waals surface area contributed by atoms with Crippen molar-refractivity contribution in [2.75, 3.05) is 24.6 Å². The Hall–Kier alpha value is -1.77. The van der Waals surface area contributed by atoms with Gasteiger partial charge in [0.15, 0.2) is 0 Å². The second kappa shape index (κ2) is 6.98. The molecule has 0 saturated carbocycles. The molecule has 1 rings (SSSR count). The van der Waals surface area contributed by atoms with Gasteiger partial charge in [0.2, 0.25) is 5.91 Å². The van der Waals surface area contributed by atoms with Crippen LogP contribution in [0.5, 0.6) is 0 Å². The zero-order valence-electron chi connectivity index (χ0n) is 11.0. The van der Waals surface area contributed by atoms with Gasteiger partial charge in [-0.2, -0.15) is 5.26 Å². The van der Waals surface area contributed by atoms with Crippen LogP contribution < -0.4 is 11.1 Å². The molecule has 102 valence electrons. The predicted octanol–water partition coefficient (Wildman–Crippen LogP) is 2.09. The van der Waals surface area contributed by atoms with Crippen LogP contribution in [0.25, 0.3) is 0 Å². The molecule has 0 heterocycles. The number of nitrogen functional groups attached to an aromatic ring is 1. The SMILES string of the molecule is CC(C(=O)Nc1ccc(Cl)c(N)c1)N(C)CCC#N. The number of nitrogens with two attached hydrogens (primary N) is 1. The first kappa shape index (κ1) is 15.3. The van der Waals surface area contributed by atoms with Crippen LogP contribution >= 0.6 is 11.6 Å². The fraction of sp³-hybridized carbons (Fsp3) is 0.385. The van der Waals surface area contributed by atoms with E-state index in [1.165, 1.54) is 0 Å². The van der Waals surface area contributed by atoms with Crippen LogP contribution in [-0.2, 0) is 4.79 Å². The maximum atomic E-state index is 12.0. The summed E-state index contributed by atoms with van der Waals surface area (Å²) in [6, 6.07) is 6.66. The van der Waals surface area contributed by atoms with Crippen molar-refractivity contribution in [3.63, 3.8) is 0 Å². The number of carbonyl (C=O) groups is 1. The van der Waals surface area contributed by atoms with Crippen molar-refractivity contribution in [3.8, 4) is 6.07 Å². The van der Waals surface area contributed by atoms with E-state index < -0.39 is 0 Å². The van der Waals surface area contributed by atoms with Gasteiger partial charge in [-0.25, -0.2) is 0 Å². The first-order chi connectivity index (χ1) is 8.95. The lowest BCUT2D eigenvalue weighted by atomic mass is 10.2. The lowest BCUT2D eigenvalue weighted by Gasteiger charge is -2.22. The Labute approximate surface area is 117 Å². The number of carbonyl (C=O) groups excluding carboxylic acids is 1. The molecule has 1 amide bonds. The number of halogens is 1. The molecule has 0 radical (unpaired) electrons. The number of likely N-dealkylation sites (N-methyl/N-ethyl adjacent to an activating group) is 1. The van der Waals surface area contributed by atoms with E-state index in [0.29, 0.717) is 29.4 Å². The molecular weight excluding hydrogens is 264 g/mol. The summed E-state index contributed by atoms with van der Waals surface area (Å²) < 4.78 is 0. The summed E-state index contributed by atoms with van der Waals surface area (Å²) in [6.45, 7) is 2.33. The van der Waals surface area contributed by atoms with Crippen molar-refractivity contribution < 1.29 is 4.79 Å². The Morgan fingerprint density at radius 1 is 1.63 bits per heavy atom. The van der Waals surface area contributed by atoms with Gasteiger partial charge < -0.3 is 11.1 Å². The monoisotopic (exact) mass is 280 g/mol. The number of benzene rings is 1. The zero-order chi connectivity index (χ0) is 14.4. The summed E-state index contributed by atoms with van der Waals surface area (Å²) in [5.74, 6) is -0.151. The van der Waals surface area contributed by atoms with Crippen molar-refractivity contribution in [3.05, 3.63) is 23.2 Å². The molecule has 19 heavy (non-hydrogen) atoms. The molecule has 3 N–H and O–H groups in total. The second-order valence-corrected chi connectivity index (χ2v) is 4.70. The van der Waals surface area contributed by atoms with Crippen molar-refractivity contribution in [1.29, 1.82) is 5.26 Å². The minimum atomic E-state index is -0.328. The fourth-order valence-corrected chi connectivity index (χ4v) is 1.61.